The van der Waals surface area contributed by atoms with Crippen LogP contribution in [0.1, 0.15) is 40.2 Å². The Hall–Kier alpha value is -5.01. The number of piperidine rings is 1. The minimum Gasteiger partial charge on any atom is -0.364 e. The number of likely N-dealkylation sites (tertiary alicyclic amines) is 1. The number of anilines is 1. The molecule has 47 heavy (non-hydrogen) atoms. The third-order valence-electron chi connectivity index (χ3n) is 8.52. The molecule has 240 valence electrons. The van der Waals surface area contributed by atoms with E-state index in [9.17, 15) is 22.8 Å². The van der Waals surface area contributed by atoms with Crippen molar-refractivity contribution < 1.29 is 22.7 Å². The lowest BCUT2D eigenvalue weighted by Crippen LogP contribution is -2.47. The molecule has 1 spiro atoms. The Kier molecular flexibility index (Phi) is 7.60. The highest BCUT2D eigenvalue weighted by atomic mass is 35.5. The second-order valence-corrected chi connectivity index (χ2v) is 11.8. The molecule has 2 aliphatic heterocycles. The van der Waals surface area contributed by atoms with Crippen LogP contribution in [0, 0.1) is 0 Å². The van der Waals surface area contributed by atoms with Gasteiger partial charge in [-0.25, -0.2) is 0 Å². The lowest BCUT2D eigenvalue weighted by molar-refractivity contribution is -0.137. The quantitative estimate of drug-likeness (QED) is 0.241. The van der Waals surface area contributed by atoms with Crippen molar-refractivity contribution in [3.05, 3.63) is 123 Å². The fourth-order valence-electron chi connectivity index (χ4n) is 6.19. The van der Waals surface area contributed by atoms with Crippen molar-refractivity contribution in [2.24, 2.45) is 0 Å². The summed E-state index contributed by atoms with van der Waals surface area (Å²) in [6.07, 6.45) is -2.22. The van der Waals surface area contributed by atoms with Gasteiger partial charge in [-0.05, 0) is 43.2 Å². The van der Waals surface area contributed by atoms with Crippen molar-refractivity contribution in [2.45, 2.75) is 37.8 Å². The van der Waals surface area contributed by atoms with Crippen LogP contribution in [0.15, 0.2) is 90.0 Å². The molecule has 5 aromatic rings. The average molecular weight is 662 g/mol. The minimum absolute atomic E-state index is 0.0696. The van der Waals surface area contributed by atoms with Gasteiger partial charge in [-0.3, -0.25) is 14.6 Å². The fraction of sp³-hybridized carbons (Fsp3) is 0.242. The molecule has 1 N–H and O–H groups in total. The number of benzene rings is 2. The van der Waals surface area contributed by atoms with Crippen LogP contribution in [0.25, 0.3) is 17.2 Å². The first-order chi connectivity index (χ1) is 22.5. The molecule has 5 heterocycles. The van der Waals surface area contributed by atoms with Gasteiger partial charge in [0.2, 0.25) is 5.78 Å². The molecular formula is C33H27ClF3N7O3. The average Bonchev–Trinajstić information content (AvgIpc) is 3.68. The van der Waals surface area contributed by atoms with E-state index >= 15 is 0 Å². The van der Waals surface area contributed by atoms with E-state index in [0.29, 0.717) is 60.0 Å². The third-order valence-corrected chi connectivity index (χ3v) is 8.84. The number of alkyl halides is 3. The predicted octanol–water partition coefficient (Wildman–Crippen LogP) is 5.91. The summed E-state index contributed by atoms with van der Waals surface area (Å²) in [5, 5.41) is 7.47. The predicted molar refractivity (Wildman–Crippen MR) is 168 cm³/mol. The molecule has 2 aliphatic rings. The summed E-state index contributed by atoms with van der Waals surface area (Å²) in [7, 11) is 0. The zero-order valence-electron chi connectivity index (χ0n) is 24.8. The van der Waals surface area contributed by atoms with Gasteiger partial charge >= 0.3 is 6.18 Å². The molecular weight excluding hydrogens is 635 g/mol. The summed E-state index contributed by atoms with van der Waals surface area (Å²) < 4.78 is 49.0. The number of halogens is 4. The molecule has 2 aromatic carbocycles. The molecule has 0 radical (unpaired) electrons. The number of nitrogens with one attached hydrogen (secondary N) is 1. The number of carbonyl (C=O) groups excluding carboxylic acids is 1. The van der Waals surface area contributed by atoms with E-state index in [1.54, 1.807) is 33.9 Å². The molecule has 1 saturated heterocycles. The first-order valence-electron chi connectivity index (χ1n) is 14.8. The van der Waals surface area contributed by atoms with Gasteiger partial charge in [-0.15, -0.1) is 5.10 Å². The Morgan fingerprint density at radius 1 is 1.06 bits per heavy atom. The SMILES string of the molecule is C=C(Cn1c2c(c(=O)n3nc(-c4ccccc4)nc13)C1(CCN(C(=O)c3ccccn3)CC1)OC2)Nc1ccc(C(F)(F)F)cc1Cl. The monoisotopic (exact) mass is 661 g/mol. The van der Waals surface area contributed by atoms with E-state index in [1.807, 2.05) is 30.3 Å². The Morgan fingerprint density at radius 3 is 2.49 bits per heavy atom. The molecule has 7 rings (SSSR count). The molecule has 14 heteroatoms. The number of fused-ring (bicyclic) bond motifs is 3. The highest BCUT2D eigenvalue weighted by Gasteiger charge is 2.48. The van der Waals surface area contributed by atoms with Crippen LogP contribution >= 0.6 is 11.6 Å². The highest BCUT2D eigenvalue weighted by molar-refractivity contribution is 6.33. The largest absolute Gasteiger partial charge is 0.416 e. The maximum Gasteiger partial charge on any atom is 0.416 e. The number of amides is 1. The van der Waals surface area contributed by atoms with Gasteiger partial charge in [0, 0.05) is 30.5 Å². The number of ether oxygens (including phenoxy) is 1. The summed E-state index contributed by atoms with van der Waals surface area (Å²) in [4.78, 5) is 37.9. The molecule has 1 fully saturated rings. The van der Waals surface area contributed by atoms with E-state index in [1.165, 1.54) is 10.6 Å². The van der Waals surface area contributed by atoms with E-state index in [-0.39, 0.29) is 41.1 Å². The van der Waals surface area contributed by atoms with Crippen molar-refractivity contribution in [2.75, 3.05) is 18.4 Å². The molecule has 1 amide bonds. The molecule has 0 bridgehead atoms. The van der Waals surface area contributed by atoms with Gasteiger partial charge in [0.15, 0.2) is 5.82 Å². The number of allylic oxidation sites excluding steroid dienone is 1. The Morgan fingerprint density at radius 2 is 1.81 bits per heavy atom. The van der Waals surface area contributed by atoms with Gasteiger partial charge in [-0.1, -0.05) is 54.6 Å². The summed E-state index contributed by atoms with van der Waals surface area (Å²) in [6, 6.07) is 17.4. The number of pyridine rings is 1. The maximum atomic E-state index is 14.2. The number of rotatable bonds is 6. The number of carbonyl (C=O) groups is 1. The lowest BCUT2D eigenvalue weighted by Gasteiger charge is -2.38. The number of aromatic nitrogens is 5. The Bertz CT molecular complexity index is 2070. The number of nitrogens with zero attached hydrogens (tertiary/aromatic N) is 6. The maximum absolute atomic E-state index is 14.2. The van der Waals surface area contributed by atoms with Crippen LogP contribution in [0.3, 0.4) is 0 Å². The van der Waals surface area contributed by atoms with Crippen molar-refractivity contribution in [1.82, 2.24) is 29.0 Å². The van der Waals surface area contributed by atoms with Gasteiger partial charge in [-0.2, -0.15) is 22.7 Å². The second-order valence-electron chi connectivity index (χ2n) is 11.4. The number of hydrogen-bond donors (Lipinski definition) is 1. The van der Waals surface area contributed by atoms with Crippen molar-refractivity contribution >= 4 is 29.0 Å². The van der Waals surface area contributed by atoms with Gasteiger partial charge < -0.3 is 19.5 Å². The molecule has 0 atom stereocenters. The number of hydrogen-bond acceptors (Lipinski definition) is 7. The zero-order chi connectivity index (χ0) is 32.9. The van der Waals surface area contributed by atoms with Crippen molar-refractivity contribution in [1.29, 1.82) is 0 Å². The van der Waals surface area contributed by atoms with Crippen molar-refractivity contribution in [3.8, 4) is 11.4 Å². The van der Waals surface area contributed by atoms with Crippen molar-refractivity contribution in [3.63, 3.8) is 0 Å². The molecule has 0 saturated carbocycles. The van der Waals surface area contributed by atoms with Crippen LogP contribution in [0.2, 0.25) is 5.02 Å². The first-order valence-corrected chi connectivity index (χ1v) is 15.2. The normalized spacial score (nSPS) is 15.6. The second kappa shape index (κ2) is 11.7. The van der Waals surface area contributed by atoms with E-state index in [0.717, 1.165) is 12.1 Å². The van der Waals surface area contributed by atoms with Crippen LogP contribution in [0.5, 0.6) is 0 Å². The zero-order valence-corrected chi connectivity index (χ0v) is 25.6. The molecule has 0 unspecified atom stereocenters. The van der Waals surface area contributed by atoms with Crippen LogP contribution in [0.4, 0.5) is 18.9 Å². The summed E-state index contributed by atoms with van der Waals surface area (Å²) in [6.45, 7) is 4.96. The molecule has 0 aliphatic carbocycles. The Balaban J connectivity index is 1.25. The van der Waals surface area contributed by atoms with Crippen LogP contribution in [-0.2, 0) is 29.7 Å². The first kappa shape index (κ1) is 30.6. The summed E-state index contributed by atoms with van der Waals surface area (Å²) in [5.41, 5.74) is 0.480. The molecule has 3 aromatic heterocycles. The van der Waals surface area contributed by atoms with E-state index < -0.39 is 17.3 Å². The Labute approximate surface area is 271 Å². The van der Waals surface area contributed by atoms with Crippen LogP contribution < -0.4 is 10.9 Å². The summed E-state index contributed by atoms with van der Waals surface area (Å²) >= 11 is 6.20. The van der Waals surface area contributed by atoms with Gasteiger partial charge in [0.25, 0.3) is 11.5 Å². The standard InChI is InChI=1S/C33H27ClF3N7O3/c1-20(39-24-11-10-22(17-23(24)34)33(35,36)37)18-43-26-19-47-32(12-15-42(16-13-32)29(45)25-9-5-6-14-38-25)27(26)30(46)44-31(43)40-28(41-44)21-7-3-2-4-8-21/h2-11,14,17,39H,1,12-13,15-16,18-19H2. The van der Waals surface area contributed by atoms with Gasteiger partial charge in [0.1, 0.15) is 11.3 Å². The lowest BCUT2D eigenvalue weighted by atomic mass is 9.85. The van der Waals surface area contributed by atoms with E-state index in [4.69, 9.17) is 21.3 Å². The minimum atomic E-state index is -4.54. The smallest absolute Gasteiger partial charge is 0.364 e. The van der Waals surface area contributed by atoms with Gasteiger partial charge in [0.05, 0.1) is 40.7 Å². The van der Waals surface area contributed by atoms with E-state index in [2.05, 4.69) is 22.0 Å². The molecule has 10 nitrogen and oxygen atoms in total. The topological polar surface area (TPSA) is 107 Å². The van der Waals surface area contributed by atoms with Crippen LogP contribution in [-0.4, -0.2) is 48.0 Å². The highest BCUT2D eigenvalue weighted by Crippen LogP contribution is 2.43. The summed E-state index contributed by atoms with van der Waals surface area (Å²) in [5.74, 6) is 0.396. The third kappa shape index (κ3) is 5.55. The fourth-order valence-corrected chi connectivity index (χ4v) is 6.42.